The summed E-state index contributed by atoms with van der Waals surface area (Å²) in [7, 11) is 1.28. The van der Waals surface area contributed by atoms with Crippen molar-refractivity contribution < 1.29 is 38.2 Å². The topological polar surface area (TPSA) is 138 Å². The molecule has 2 aromatic heterocycles. The highest BCUT2D eigenvalue weighted by molar-refractivity contribution is 7.99. The number of anilines is 1. The first kappa shape index (κ1) is 27.5. The summed E-state index contributed by atoms with van der Waals surface area (Å²) in [6.45, 7) is 6.05. The van der Waals surface area contributed by atoms with Crippen LogP contribution < -0.4 is 15.1 Å². The van der Waals surface area contributed by atoms with Crippen molar-refractivity contribution in [2.45, 2.75) is 50.8 Å². The van der Waals surface area contributed by atoms with Crippen LogP contribution >= 0.6 is 23.1 Å². The van der Waals surface area contributed by atoms with Gasteiger partial charge in [0.2, 0.25) is 11.6 Å². The summed E-state index contributed by atoms with van der Waals surface area (Å²) in [6.07, 6.45) is 0.0654. The molecule has 0 radical (unpaired) electrons. The summed E-state index contributed by atoms with van der Waals surface area (Å²) in [5.74, 6) is -1.20. The van der Waals surface area contributed by atoms with E-state index in [1.54, 1.807) is 37.8 Å². The number of fused-ring (bicyclic) bond motifs is 1. The quantitative estimate of drug-likeness (QED) is 0.262. The number of rotatable bonds is 7. The molecule has 4 rings (SSSR count). The molecule has 0 unspecified atom stereocenters. The summed E-state index contributed by atoms with van der Waals surface area (Å²) in [6, 6.07) is 9.05. The van der Waals surface area contributed by atoms with Gasteiger partial charge in [0.1, 0.15) is 10.6 Å². The highest BCUT2D eigenvalue weighted by atomic mass is 32.2. The van der Waals surface area contributed by atoms with Gasteiger partial charge in [0.15, 0.2) is 5.95 Å². The predicted octanol–water partition coefficient (Wildman–Crippen LogP) is 3.29. The van der Waals surface area contributed by atoms with Gasteiger partial charge in [-0.25, -0.2) is 9.59 Å². The largest absolute Gasteiger partial charge is 0.538 e. The van der Waals surface area contributed by atoms with Gasteiger partial charge in [-0.15, -0.1) is 11.3 Å². The van der Waals surface area contributed by atoms with Crippen LogP contribution in [-0.2, 0) is 27.2 Å². The van der Waals surface area contributed by atoms with Crippen molar-refractivity contribution in [1.82, 2.24) is 10.2 Å². The number of hydrogen-bond acceptors (Lipinski definition) is 10. The molecular formula is C25H28N4O7S2. The average Bonchev–Trinajstić information content (AvgIpc) is 3.42. The van der Waals surface area contributed by atoms with Crippen molar-refractivity contribution >= 4 is 46.1 Å². The number of benzene rings is 1. The fourth-order valence-electron chi connectivity index (χ4n) is 3.82. The zero-order valence-electron chi connectivity index (χ0n) is 21.4. The zero-order chi connectivity index (χ0) is 27.4. The first-order valence-electron chi connectivity index (χ1n) is 11.8. The Morgan fingerprint density at radius 3 is 2.68 bits per heavy atom. The molecule has 0 spiro atoms. The lowest BCUT2D eigenvalue weighted by molar-refractivity contribution is -0.705. The van der Waals surface area contributed by atoms with E-state index in [1.807, 2.05) is 18.2 Å². The number of esters is 1. The molecule has 3 aromatic rings. The molecule has 1 aromatic carbocycles. The second kappa shape index (κ2) is 11.4. The molecule has 0 bridgehead atoms. The standard InChI is InChI=1S/C25H28N4O7S2/c1-25(2,3)35-24(33)28-12-10-16-17(14-28)38-20(19(16)22(31)34-4)26-18(30)11-13-37-21-23(32)36-27-29(21)15-8-6-5-7-9-15/h5-9H,10-14H2,1-4H3,(H-,26,27,30,31,32). The number of ether oxygens (including phenoxy) is 2. The Morgan fingerprint density at radius 1 is 1.26 bits per heavy atom. The Bertz CT molecular complexity index is 1330. The Labute approximate surface area is 227 Å². The fraction of sp³-hybridized carbons (Fsp3) is 0.400. The van der Waals surface area contributed by atoms with Crippen LogP contribution in [0, 0.1) is 0 Å². The lowest BCUT2D eigenvalue weighted by atomic mass is 10.0. The van der Waals surface area contributed by atoms with E-state index in [2.05, 4.69) is 10.6 Å². The maximum Gasteiger partial charge on any atom is 0.410 e. The Morgan fingerprint density at radius 2 is 2.00 bits per heavy atom. The van der Waals surface area contributed by atoms with Gasteiger partial charge in [-0.1, -0.05) is 30.0 Å². The van der Waals surface area contributed by atoms with E-state index in [9.17, 15) is 19.5 Å². The first-order chi connectivity index (χ1) is 18.1. The van der Waals surface area contributed by atoms with E-state index in [0.29, 0.717) is 29.2 Å². The number of thioether (sulfide) groups is 1. The zero-order valence-corrected chi connectivity index (χ0v) is 23.1. The van der Waals surface area contributed by atoms with Crippen molar-refractivity contribution in [1.29, 1.82) is 0 Å². The molecule has 0 fully saturated rings. The molecule has 0 aliphatic carbocycles. The normalized spacial score (nSPS) is 13.1. The third-order valence-corrected chi connectivity index (χ3v) is 7.65. The maximum atomic E-state index is 12.8. The van der Waals surface area contributed by atoms with Crippen LogP contribution in [0.1, 0.15) is 48.0 Å². The number of hydrogen-bond donors (Lipinski definition) is 1. The van der Waals surface area contributed by atoms with Crippen LogP contribution in [0.3, 0.4) is 0 Å². The van der Waals surface area contributed by atoms with Gasteiger partial charge in [0.05, 0.1) is 24.5 Å². The van der Waals surface area contributed by atoms with Crippen LogP contribution in [0.5, 0.6) is 5.95 Å². The molecule has 11 nitrogen and oxygen atoms in total. The Hall–Kier alpha value is -3.58. The molecule has 0 atom stereocenters. The molecule has 1 N–H and O–H groups in total. The molecule has 0 saturated heterocycles. The second-order valence-electron chi connectivity index (χ2n) is 9.41. The smallest absolute Gasteiger partial charge is 0.410 e. The number of nitrogens with zero attached hydrogens (tertiary/aromatic N) is 3. The molecule has 0 saturated carbocycles. The Kier molecular flexibility index (Phi) is 8.26. The summed E-state index contributed by atoms with van der Waals surface area (Å²) in [4.78, 5) is 40.3. The molecule has 202 valence electrons. The van der Waals surface area contributed by atoms with E-state index in [1.165, 1.54) is 23.1 Å². The summed E-state index contributed by atoms with van der Waals surface area (Å²) < 4.78 is 16.6. The predicted molar refractivity (Wildman–Crippen MR) is 137 cm³/mol. The van der Waals surface area contributed by atoms with Gasteiger partial charge in [0.25, 0.3) is 5.03 Å². The highest BCUT2D eigenvalue weighted by Gasteiger charge is 2.32. The van der Waals surface area contributed by atoms with Gasteiger partial charge in [-0.05, 0) is 37.4 Å². The number of thiophene rings is 1. The number of methoxy groups -OCH3 is 1. The van der Waals surface area contributed by atoms with Crippen molar-refractivity contribution in [2.75, 3.05) is 24.7 Å². The molecule has 1 aliphatic heterocycles. The number of carbonyl (C=O) groups is 3. The first-order valence-corrected chi connectivity index (χ1v) is 13.7. The van der Waals surface area contributed by atoms with Crippen LogP contribution in [-0.4, -0.2) is 53.1 Å². The number of aromatic nitrogens is 2. The van der Waals surface area contributed by atoms with Crippen LogP contribution in [0.25, 0.3) is 5.69 Å². The van der Waals surface area contributed by atoms with Crippen molar-refractivity contribution in [3.05, 3.63) is 46.3 Å². The molecule has 1 aliphatic rings. The molecular weight excluding hydrogens is 532 g/mol. The minimum Gasteiger partial charge on any atom is -0.538 e. The number of amides is 2. The van der Waals surface area contributed by atoms with Crippen molar-refractivity contribution in [2.24, 2.45) is 0 Å². The second-order valence-corrected chi connectivity index (χ2v) is 11.6. The SMILES string of the molecule is COC(=O)c1c(NC(=O)CCSc2c([O-])on[n+]2-c2ccccc2)sc2c1CCN(C(=O)OC(C)(C)C)C2. The third-order valence-electron chi connectivity index (χ3n) is 5.49. The number of para-hydroxylation sites is 1. The maximum absolute atomic E-state index is 12.8. The van der Waals surface area contributed by atoms with E-state index >= 15 is 0 Å². The van der Waals surface area contributed by atoms with E-state index < -0.39 is 23.6 Å². The Balaban J connectivity index is 1.43. The minimum atomic E-state index is -0.624. The summed E-state index contributed by atoms with van der Waals surface area (Å²) in [5.41, 5.74) is 1.11. The van der Waals surface area contributed by atoms with Gasteiger partial charge in [-0.2, -0.15) is 0 Å². The van der Waals surface area contributed by atoms with Crippen molar-refractivity contribution in [3.63, 3.8) is 0 Å². The van der Waals surface area contributed by atoms with E-state index in [-0.39, 0.29) is 29.7 Å². The fourth-order valence-corrected chi connectivity index (χ4v) is 5.98. The van der Waals surface area contributed by atoms with Gasteiger partial charge >= 0.3 is 12.1 Å². The van der Waals surface area contributed by atoms with Gasteiger partial charge in [0, 0.05) is 35.7 Å². The summed E-state index contributed by atoms with van der Waals surface area (Å²) >= 11 is 2.39. The van der Waals surface area contributed by atoms with Crippen LogP contribution in [0.15, 0.2) is 39.9 Å². The lowest BCUT2D eigenvalue weighted by Crippen LogP contribution is -2.39. The van der Waals surface area contributed by atoms with Gasteiger partial charge < -0.3 is 29.3 Å². The van der Waals surface area contributed by atoms with Crippen LogP contribution in [0.2, 0.25) is 0 Å². The van der Waals surface area contributed by atoms with E-state index in [0.717, 1.165) is 22.2 Å². The number of carbonyl (C=O) groups excluding carboxylic acids is 3. The molecule has 38 heavy (non-hydrogen) atoms. The monoisotopic (exact) mass is 560 g/mol. The lowest BCUT2D eigenvalue weighted by Gasteiger charge is -2.30. The molecule has 13 heteroatoms. The third kappa shape index (κ3) is 6.27. The molecule has 2 amide bonds. The van der Waals surface area contributed by atoms with Crippen LogP contribution in [0.4, 0.5) is 9.80 Å². The highest BCUT2D eigenvalue weighted by Crippen LogP contribution is 2.38. The summed E-state index contributed by atoms with van der Waals surface area (Å²) in [5, 5.41) is 19.4. The molecule has 3 heterocycles. The number of nitrogens with one attached hydrogen (secondary N) is 1. The average molecular weight is 561 g/mol. The van der Waals surface area contributed by atoms with Gasteiger partial charge in [-0.3, -0.25) is 4.79 Å². The minimum absolute atomic E-state index is 0.0668. The van der Waals surface area contributed by atoms with E-state index in [4.69, 9.17) is 14.0 Å². The van der Waals surface area contributed by atoms with Crippen molar-refractivity contribution in [3.8, 4) is 11.6 Å².